The minimum absolute atomic E-state index is 0.627. The van der Waals surface area contributed by atoms with Crippen LogP contribution in [0.25, 0.3) is 11.3 Å². The van der Waals surface area contributed by atoms with Gasteiger partial charge in [0.25, 0.3) is 0 Å². The molecule has 0 aliphatic rings. The van der Waals surface area contributed by atoms with Crippen LogP contribution in [0.5, 0.6) is 0 Å². The van der Waals surface area contributed by atoms with Crippen LogP contribution in [0.4, 0.5) is 0 Å². The summed E-state index contributed by atoms with van der Waals surface area (Å²) in [4.78, 5) is 0. The molecule has 1 aromatic heterocycles. The predicted molar refractivity (Wildman–Crippen MR) is 72.3 cm³/mol. The summed E-state index contributed by atoms with van der Waals surface area (Å²) in [6.07, 6.45) is 0. The standard InChI is InChI=1S/C15H17N3/c1-9-6-11(3)13(7-10(9)2)15-12(4)14(8-16)18(5)17-15/h6-7H,1-5H3. The summed E-state index contributed by atoms with van der Waals surface area (Å²) < 4.78 is 1.65. The van der Waals surface area contributed by atoms with Crippen molar-refractivity contribution in [1.82, 2.24) is 9.78 Å². The van der Waals surface area contributed by atoms with E-state index in [2.05, 4.69) is 44.1 Å². The number of nitriles is 1. The summed E-state index contributed by atoms with van der Waals surface area (Å²) in [6, 6.07) is 6.52. The van der Waals surface area contributed by atoms with Crippen molar-refractivity contribution in [2.24, 2.45) is 7.05 Å². The molecule has 0 fully saturated rings. The smallest absolute Gasteiger partial charge is 0.141 e. The summed E-state index contributed by atoms with van der Waals surface area (Å²) in [5, 5.41) is 13.6. The zero-order valence-electron chi connectivity index (χ0n) is 11.5. The summed E-state index contributed by atoms with van der Waals surface area (Å²) in [5.74, 6) is 0. The van der Waals surface area contributed by atoms with Gasteiger partial charge < -0.3 is 0 Å². The molecule has 18 heavy (non-hydrogen) atoms. The van der Waals surface area contributed by atoms with Crippen molar-refractivity contribution in [3.05, 3.63) is 40.1 Å². The quantitative estimate of drug-likeness (QED) is 0.767. The van der Waals surface area contributed by atoms with E-state index in [4.69, 9.17) is 5.26 Å². The Morgan fingerprint density at radius 3 is 2.22 bits per heavy atom. The van der Waals surface area contributed by atoms with Gasteiger partial charge in [-0.1, -0.05) is 6.07 Å². The number of nitrogens with zero attached hydrogens (tertiary/aromatic N) is 3. The number of aryl methyl sites for hydroxylation is 4. The molecule has 3 nitrogen and oxygen atoms in total. The molecule has 0 aliphatic carbocycles. The molecule has 1 aromatic carbocycles. The van der Waals surface area contributed by atoms with Crippen molar-refractivity contribution in [2.45, 2.75) is 27.7 Å². The first kappa shape index (κ1) is 12.4. The third kappa shape index (κ3) is 1.80. The number of rotatable bonds is 1. The Labute approximate surface area is 108 Å². The molecule has 0 atom stereocenters. The van der Waals surface area contributed by atoms with Gasteiger partial charge in [-0.15, -0.1) is 0 Å². The zero-order chi connectivity index (χ0) is 13.4. The fourth-order valence-electron chi connectivity index (χ4n) is 2.26. The normalized spacial score (nSPS) is 10.4. The summed E-state index contributed by atoms with van der Waals surface area (Å²) in [5.41, 5.74) is 7.34. The highest BCUT2D eigenvalue weighted by Crippen LogP contribution is 2.29. The molecule has 0 saturated carbocycles. The molecule has 0 amide bonds. The highest BCUT2D eigenvalue weighted by molar-refractivity contribution is 5.69. The highest BCUT2D eigenvalue weighted by atomic mass is 15.3. The lowest BCUT2D eigenvalue weighted by molar-refractivity contribution is 0.758. The first-order valence-corrected chi connectivity index (χ1v) is 5.97. The van der Waals surface area contributed by atoms with E-state index in [-0.39, 0.29) is 0 Å². The average molecular weight is 239 g/mol. The SMILES string of the molecule is Cc1cc(C)c(-c2nn(C)c(C#N)c2C)cc1C. The lowest BCUT2D eigenvalue weighted by Gasteiger charge is -2.08. The Morgan fingerprint density at radius 1 is 1.06 bits per heavy atom. The zero-order valence-corrected chi connectivity index (χ0v) is 11.5. The Hall–Kier alpha value is -2.08. The molecular weight excluding hydrogens is 222 g/mol. The molecular formula is C15H17N3. The van der Waals surface area contributed by atoms with Gasteiger partial charge in [-0.2, -0.15) is 10.4 Å². The van der Waals surface area contributed by atoms with Crippen LogP contribution in [0.1, 0.15) is 27.9 Å². The summed E-state index contributed by atoms with van der Waals surface area (Å²) in [7, 11) is 1.81. The molecule has 0 aliphatic heterocycles. The van der Waals surface area contributed by atoms with Gasteiger partial charge in [-0.3, -0.25) is 4.68 Å². The van der Waals surface area contributed by atoms with Gasteiger partial charge in [0.1, 0.15) is 11.8 Å². The van der Waals surface area contributed by atoms with Crippen LogP contribution in [-0.2, 0) is 7.05 Å². The Balaban J connectivity index is 2.71. The predicted octanol–water partition coefficient (Wildman–Crippen LogP) is 3.19. The van der Waals surface area contributed by atoms with E-state index < -0.39 is 0 Å². The second-order valence-corrected chi connectivity index (χ2v) is 4.81. The molecule has 2 aromatic rings. The molecule has 1 heterocycles. The fraction of sp³-hybridized carbons (Fsp3) is 0.333. The largest absolute Gasteiger partial charge is 0.257 e. The highest BCUT2D eigenvalue weighted by Gasteiger charge is 2.15. The van der Waals surface area contributed by atoms with Crippen LogP contribution in [0.2, 0.25) is 0 Å². The molecule has 3 heteroatoms. The molecule has 0 saturated heterocycles. The van der Waals surface area contributed by atoms with E-state index in [1.165, 1.54) is 16.7 Å². The molecule has 0 bridgehead atoms. The van der Waals surface area contributed by atoms with Crippen LogP contribution < -0.4 is 0 Å². The van der Waals surface area contributed by atoms with Gasteiger partial charge in [0.2, 0.25) is 0 Å². The van der Waals surface area contributed by atoms with Crippen molar-refractivity contribution in [3.63, 3.8) is 0 Å². The van der Waals surface area contributed by atoms with Crippen molar-refractivity contribution in [1.29, 1.82) is 5.26 Å². The van der Waals surface area contributed by atoms with Crippen LogP contribution in [0.15, 0.2) is 12.1 Å². The minimum atomic E-state index is 0.627. The third-order valence-electron chi connectivity index (χ3n) is 3.49. The number of aromatic nitrogens is 2. The van der Waals surface area contributed by atoms with Gasteiger partial charge in [0.05, 0.1) is 5.69 Å². The van der Waals surface area contributed by atoms with Crippen molar-refractivity contribution < 1.29 is 0 Å². The topological polar surface area (TPSA) is 41.6 Å². The van der Waals surface area contributed by atoms with E-state index in [1.807, 2.05) is 14.0 Å². The maximum atomic E-state index is 9.12. The Bertz CT molecular complexity index is 657. The molecule has 2 rings (SSSR count). The van der Waals surface area contributed by atoms with E-state index in [0.717, 1.165) is 16.8 Å². The first-order chi connectivity index (χ1) is 8.45. The maximum Gasteiger partial charge on any atom is 0.141 e. The van der Waals surface area contributed by atoms with E-state index >= 15 is 0 Å². The minimum Gasteiger partial charge on any atom is -0.257 e. The van der Waals surface area contributed by atoms with Crippen LogP contribution >= 0.6 is 0 Å². The van der Waals surface area contributed by atoms with Gasteiger partial charge in [0, 0.05) is 18.2 Å². The summed E-state index contributed by atoms with van der Waals surface area (Å²) in [6.45, 7) is 8.25. The van der Waals surface area contributed by atoms with Crippen molar-refractivity contribution >= 4 is 0 Å². The first-order valence-electron chi connectivity index (χ1n) is 5.97. The number of hydrogen-bond acceptors (Lipinski definition) is 2. The second kappa shape index (κ2) is 4.30. The van der Waals surface area contributed by atoms with Crippen LogP contribution in [0, 0.1) is 39.0 Å². The van der Waals surface area contributed by atoms with Crippen LogP contribution in [0.3, 0.4) is 0 Å². The molecule has 0 unspecified atom stereocenters. The second-order valence-electron chi connectivity index (χ2n) is 4.81. The number of hydrogen-bond donors (Lipinski definition) is 0. The lowest BCUT2D eigenvalue weighted by atomic mass is 9.97. The monoisotopic (exact) mass is 239 g/mol. The van der Waals surface area contributed by atoms with Crippen molar-refractivity contribution in [2.75, 3.05) is 0 Å². The molecule has 92 valence electrons. The molecule has 0 radical (unpaired) electrons. The Morgan fingerprint density at radius 2 is 1.67 bits per heavy atom. The van der Waals surface area contributed by atoms with Gasteiger partial charge >= 0.3 is 0 Å². The molecule has 0 N–H and O–H groups in total. The van der Waals surface area contributed by atoms with Gasteiger partial charge in [-0.05, 0) is 50.5 Å². The molecule has 0 spiro atoms. The van der Waals surface area contributed by atoms with Crippen LogP contribution in [-0.4, -0.2) is 9.78 Å². The average Bonchev–Trinajstić information content (AvgIpc) is 2.59. The maximum absolute atomic E-state index is 9.12. The van der Waals surface area contributed by atoms with E-state index in [1.54, 1.807) is 4.68 Å². The van der Waals surface area contributed by atoms with E-state index in [0.29, 0.717) is 5.69 Å². The third-order valence-corrected chi connectivity index (χ3v) is 3.49. The number of benzene rings is 1. The van der Waals surface area contributed by atoms with Crippen molar-refractivity contribution in [3.8, 4) is 17.3 Å². The Kier molecular flexibility index (Phi) is 2.96. The lowest BCUT2D eigenvalue weighted by Crippen LogP contribution is -1.94. The van der Waals surface area contributed by atoms with Gasteiger partial charge in [-0.25, -0.2) is 0 Å². The van der Waals surface area contributed by atoms with E-state index in [9.17, 15) is 0 Å². The van der Waals surface area contributed by atoms with Gasteiger partial charge in [0.15, 0.2) is 0 Å². The fourth-order valence-corrected chi connectivity index (χ4v) is 2.26. The summed E-state index contributed by atoms with van der Waals surface area (Å²) >= 11 is 0.